The Kier molecular flexibility index (Phi) is 5.37. The molecule has 0 saturated carbocycles. The lowest BCUT2D eigenvalue weighted by Gasteiger charge is -2.36. The molecule has 0 amide bonds. The van der Waals surface area contributed by atoms with E-state index < -0.39 is 0 Å². The van der Waals surface area contributed by atoms with E-state index in [0.29, 0.717) is 12.0 Å². The van der Waals surface area contributed by atoms with Gasteiger partial charge in [-0.2, -0.15) is 0 Å². The largest absolute Gasteiger partial charge is 0.380 e. The van der Waals surface area contributed by atoms with Crippen molar-refractivity contribution >= 4 is 0 Å². The van der Waals surface area contributed by atoms with E-state index in [2.05, 4.69) is 36.1 Å². The van der Waals surface area contributed by atoms with Gasteiger partial charge in [0.2, 0.25) is 0 Å². The average Bonchev–Trinajstić information content (AvgIpc) is 2.43. The van der Waals surface area contributed by atoms with Gasteiger partial charge in [-0.15, -0.1) is 0 Å². The Morgan fingerprint density at radius 1 is 1.26 bits per heavy atom. The third-order valence-corrected chi connectivity index (χ3v) is 4.14. The first-order valence-corrected chi connectivity index (χ1v) is 7.26. The number of ether oxygens (including phenoxy) is 1. The maximum Gasteiger partial charge on any atom is 0.0724 e. The lowest BCUT2D eigenvalue weighted by Crippen LogP contribution is -2.43. The van der Waals surface area contributed by atoms with E-state index in [1.807, 2.05) is 7.11 Å². The molecule has 0 bridgehead atoms. The fraction of sp³-hybridized carbons (Fsp3) is 0.625. The maximum absolute atomic E-state index is 5.57. The zero-order valence-corrected chi connectivity index (χ0v) is 12.1. The van der Waals surface area contributed by atoms with Crippen LogP contribution in [0.15, 0.2) is 24.3 Å². The second kappa shape index (κ2) is 7.04. The van der Waals surface area contributed by atoms with Gasteiger partial charge in [-0.1, -0.05) is 31.2 Å². The minimum atomic E-state index is 0.380. The zero-order valence-electron chi connectivity index (χ0n) is 12.1. The van der Waals surface area contributed by atoms with Gasteiger partial charge >= 0.3 is 0 Å². The molecule has 0 radical (unpaired) electrons. The van der Waals surface area contributed by atoms with Crippen molar-refractivity contribution in [2.24, 2.45) is 11.7 Å². The van der Waals surface area contributed by atoms with Crippen LogP contribution in [0.5, 0.6) is 0 Å². The summed E-state index contributed by atoms with van der Waals surface area (Å²) < 4.78 is 5.57. The lowest BCUT2D eigenvalue weighted by atomic mass is 9.95. The van der Waals surface area contributed by atoms with Crippen molar-refractivity contribution in [2.45, 2.75) is 32.4 Å². The van der Waals surface area contributed by atoms with Gasteiger partial charge in [0.05, 0.1) is 6.10 Å². The quantitative estimate of drug-likeness (QED) is 0.882. The van der Waals surface area contributed by atoms with E-state index in [0.717, 1.165) is 26.1 Å². The van der Waals surface area contributed by atoms with E-state index in [9.17, 15) is 0 Å². The molecular formula is C16H26N2O. The average molecular weight is 262 g/mol. The second-order valence-corrected chi connectivity index (χ2v) is 5.63. The van der Waals surface area contributed by atoms with E-state index in [1.165, 1.54) is 24.1 Å². The first-order valence-electron chi connectivity index (χ1n) is 7.26. The number of nitrogens with zero attached hydrogens (tertiary/aromatic N) is 1. The van der Waals surface area contributed by atoms with E-state index in [-0.39, 0.29) is 0 Å². The van der Waals surface area contributed by atoms with Crippen molar-refractivity contribution in [3.63, 3.8) is 0 Å². The van der Waals surface area contributed by atoms with E-state index >= 15 is 0 Å². The van der Waals surface area contributed by atoms with Crippen LogP contribution in [0.1, 0.15) is 24.5 Å². The Morgan fingerprint density at radius 3 is 2.58 bits per heavy atom. The highest BCUT2D eigenvalue weighted by Crippen LogP contribution is 2.21. The number of nitrogens with two attached hydrogens (primary N) is 1. The number of rotatable bonds is 5. The molecule has 2 atom stereocenters. The van der Waals surface area contributed by atoms with Gasteiger partial charge in [0, 0.05) is 20.2 Å². The molecule has 2 rings (SSSR count). The molecule has 1 aromatic carbocycles. The third kappa shape index (κ3) is 4.03. The van der Waals surface area contributed by atoms with Gasteiger partial charge in [-0.25, -0.2) is 0 Å². The van der Waals surface area contributed by atoms with Crippen LogP contribution < -0.4 is 5.73 Å². The van der Waals surface area contributed by atoms with Crippen molar-refractivity contribution in [2.75, 3.05) is 26.7 Å². The third-order valence-electron chi connectivity index (χ3n) is 4.14. The summed E-state index contributed by atoms with van der Waals surface area (Å²) in [5, 5.41) is 0. The van der Waals surface area contributed by atoms with Crippen LogP contribution in [0, 0.1) is 5.92 Å². The van der Waals surface area contributed by atoms with Crippen molar-refractivity contribution in [3.8, 4) is 0 Å². The van der Waals surface area contributed by atoms with Crippen molar-refractivity contribution < 1.29 is 4.74 Å². The Hall–Kier alpha value is -0.900. The fourth-order valence-corrected chi connectivity index (χ4v) is 2.78. The van der Waals surface area contributed by atoms with Gasteiger partial charge in [0.25, 0.3) is 0 Å². The molecule has 3 nitrogen and oxygen atoms in total. The van der Waals surface area contributed by atoms with E-state index in [4.69, 9.17) is 10.5 Å². The summed E-state index contributed by atoms with van der Waals surface area (Å²) >= 11 is 0. The molecule has 19 heavy (non-hydrogen) atoms. The number of hydrogen-bond acceptors (Lipinski definition) is 3. The minimum absolute atomic E-state index is 0.380. The van der Waals surface area contributed by atoms with Crippen LogP contribution in [0.25, 0.3) is 0 Å². The highest BCUT2D eigenvalue weighted by molar-refractivity contribution is 5.22. The topological polar surface area (TPSA) is 38.5 Å². The minimum Gasteiger partial charge on any atom is -0.380 e. The lowest BCUT2D eigenvalue weighted by molar-refractivity contribution is -0.00744. The molecule has 1 aliphatic heterocycles. The SMILES string of the molecule is COC1CN(Cc2ccc(CCN)cc2)CCC1C. The Bertz CT molecular complexity index is 377. The monoisotopic (exact) mass is 262 g/mol. The molecule has 1 fully saturated rings. The van der Waals surface area contributed by atoms with Crippen LogP contribution in [0.4, 0.5) is 0 Å². The predicted octanol–water partition coefficient (Wildman–Crippen LogP) is 2.04. The van der Waals surface area contributed by atoms with Crippen molar-refractivity contribution in [3.05, 3.63) is 35.4 Å². The molecule has 3 heteroatoms. The summed E-state index contributed by atoms with van der Waals surface area (Å²) in [6.07, 6.45) is 2.57. The van der Waals surface area contributed by atoms with Gasteiger partial charge in [-0.05, 0) is 43.0 Å². The van der Waals surface area contributed by atoms with Crippen LogP contribution in [0.3, 0.4) is 0 Å². The number of piperidine rings is 1. The van der Waals surface area contributed by atoms with Gasteiger partial charge in [-0.3, -0.25) is 4.90 Å². The molecule has 0 spiro atoms. The van der Waals surface area contributed by atoms with Crippen molar-refractivity contribution in [1.82, 2.24) is 4.90 Å². The standard InChI is InChI=1S/C16H26N2O/c1-13-8-10-18(12-16(13)19-2)11-15-5-3-14(4-6-15)7-9-17/h3-6,13,16H,7-12,17H2,1-2H3. The number of benzene rings is 1. The summed E-state index contributed by atoms with van der Waals surface area (Å²) in [5.74, 6) is 0.674. The number of likely N-dealkylation sites (tertiary alicyclic amines) is 1. The fourth-order valence-electron chi connectivity index (χ4n) is 2.78. The normalized spacial score (nSPS) is 24.6. The highest BCUT2D eigenvalue weighted by Gasteiger charge is 2.25. The zero-order chi connectivity index (χ0) is 13.7. The van der Waals surface area contributed by atoms with E-state index in [1.54, 1.807) is 0 Å². The summed E-state index contributed by atoms with van der Waals surface area (Å²) in [4.78, 5) is 2.49. The van der Waals surface area contributed by atoms with Crippen LogP contribution >= 0.6 is 0 Å². The molecule has 2 unspecified atom stereocenters. The summed E-state index contributed by atoms with van der Waals surface area (Å²) in [6, 6.07) is 8.85. The van der Waals surface area contributed by atoms with Gasteiger partial charge in [0.15, 0.2) is 0 Å². The first-order chi connectivity index (χ1) is 9.22. The Morgan fingerprint density at radius 2 is 1.95 bits per heavy atom. The van der Waals surface area contributed by atoms with Crippen molar-refractivity contribution in [1.29, 1.82) is 0 Å². The van der Waals surface area contributed by atoms with Crippen LogP contribution in [-0.2, 0) is 17.7 Å². The maximum atomic E-state index is 5.57. The molecular weight excluding hydrogens is 236 g/mol. The summed E-state index contributed by atoms with van der Waals surface area (Å²) in [6.45, 7) is 6.25. The summed E-state index contributed by atoms with van der Waals surface area (Å²) in [7, 11) is 1.83. The molecule has 1 aromatic rings. The molecule has 2 N–H and O–H groups in total. The second-order valence-electron chi connectivity index (χ2n) is 5.63. The molecule has 1 saturated heterocycles. The Balaban J connectivity index is 1.90. The Labute approximate surface area is 116 Å². The first kappa shape index (κ1) is 14.5. The van der Waals surface area contributed by atoms with Gasteiger partial charge in [0.1, 0.15) is 0 Å². The molecule has 1 aliphatic rings. The molecule has 106 valence electrons. The number of methoxy groups -OCH3 is 1. The number of hydrogen-bond donors (Lipinski definition) is 1. The molecule has 0 aromatic heterocycles. The van der Waals surface area contributed by atoms with Gasteiger partial charge < -0.3 is 10.5 Å². The van der Waals surface area contributed by atoms with Crippen LogP contribution in [0.2, 0.25) is 0 Å². The molecule has 0 aliphatic carbocycles. The van der Waals surface area contributed by atoms with Crippen LogP contribution in [-0.4, -0.2) is 37.7 Å². The predicted molar refractivity (Wildman–Crippen MR) is 79.1 cm³/mol. The summed E-state index contributed by atoms with van der Waals surface area (Å²) in [5.41, 5.74) is 8.28. The smallest absolute Gasteiger partial charge is 0.0724 e. The highest BCUT2D eigenvalue weighted by atomic mass is 16.5. The molecule has 1 heterocycles.